The molecular weight excluding hydrogens is 202 g/mol. The van der Waals surface area contributed by atoms with Gasteiger partial charge in [0.05, 0.1) is 6.08 Å². The number of rotatable bonds is 6. The lowest BCUT2D eigenvalue weighted by atomic mass is 10.3. The number of hydrogen-bond donors (Lipinski definition) is 3. The number of hydrogen-bond acceptors (Lipinski definition) is 4. The van der Waals surface area contributed by atoms with E-state index in [1.165, 1.54) is 0 Å². The smallest absolute Gasteiger partial charge is 0.352 e. The Morgan fingerprint density at radius 1 is 1.33 bits per heavy atom. The number of aliphatic hydroxyl groups is 1. The molecule has 0 saturated heterocycles. The zero-order valence-electron chi connectivity index (χ0n) is 8.67. The maximum Gasteiger partial charge on any atom is 0.352 e. The number of nitrogens with zero attached hydrogens (tertiary/aromatic N) is 1. The van der Waals surface area contributed by atoms with Gasteiger partial charge in [-0.15, -0.1) is 0 Å². The first kappa shape index (κ1) is 13.4. The van der Waals surface area contributed by atoms with Crippen LogP contribution in [-0.4, -0.2) is 44.9 Å². The van der Waals surface area contributed by atoms with Crippen LogP contribution in [0.4, 0.5) is 0 Å². The molecule has 0 radical (unpaired) electrons. The third-order valence-electron chi connectivity index (χ3n) is 1.85. The van der Waals surface area contributed by atoms with E-state index in [9.17, 15) is 14.7 Å². The molecule has 15 heavy (non-hydrogen) atoms. The first-order valence-electron chi connectivity index (χ1n) is 4.56. The maximum atomic E-state index is 10.8. The number of aliphatic hydroxyl groups excluding tert-OH is 1. The highest BCUT2D eigenvalue weighted by molar-refractivity contribution is 5.94. The normalized spacial score (nSPS) is 13.4. The predicted octanol–water partition coefficient (Wildman–Crippen LogP) is 0.0898. The first-order chi connectivity index (χ1) is 6.93. The van der Waals surface area contributed by atoms with Crippen molar-refractivity contribution >= 4 is 11.9 Å². The molecule has 6 nitrogen and oxygen atoms in total. The summed E-state index contributed by atoms with van der Waals surface area (Å²) in [6, 6.07) is 0. The van der Waals surface area contributed by atoms with Crippen molar-refractivity contribution in [1.29, 1.82) is 0 Å². The lowest BCUT2D eigenvalue weighted by Crippen LogP contribution is -2.37. The van der Waals surface area contributed by atoms with Crippen LogP contribution >= 0.6 is 0 Å². The minimum Gasteiger partial charge on any atom is -0.478 e. The van der Waals surface area contributed by atoms with Gasteiger partial charge in [-0.1, -0.05) is 6.92 Å². The Kier molecular flexibility index (Phi) is 5.40. The quantitative estimate of drug-likeness (QED) is 0.431. The minimum atomic E-state index is -1.37. The van der Waals surface area contributed by atoms with Crippen molar-refractivity contribution in [3.63, 3.8) is 0 Å². The largest absolute Gasteiger partial charge is 0.478 e. The summed E-state index contributed by atoms with van der Waals surface area (Å²) < 4.78 is 0. The molecule has 0 aromatic carbocycles. The minimum absolute atomic E-state index is 0.223. The van der Waals surface area contributed by atoms with E-state index in [2.05, 4.69) is 0 Å². The molecule has 3 N–H and O–H groups in total. The SMILES string of the molecule is CCC(O)N(CC)/C(=C/C(=O)O)C(=O)O. The van der Waals surface area contributed by atoms with Gasteiger partial charge in [-0.2, -0.15) is 0 Å². The van der Waals surface area contributed by atoms with Crippen LogP contribution in [0.1, 0.15) is 20.3 Å². The summed E-state index contributed by atoms with van der Waals surface area (Å²) >= 11 is 0. The summed E-state index contributed by atoms with van der Waals surface area (Å²) in [6.45, 7) is 3.53. The Morgan fingerprint density at radius 2 is 1.87 bits per heavy atom. The van der Waals surface area contributed by atoms with Crippen molar-refractivity contribution < 1.29 is 24.9 Å². The first-order valence-corrected chi connectivity index (χ1v) is 4.56. The predicted molar refractivity (Wildman–Crippen MR) is 52.0 cm³/mol. The van der Waals surface area contributed by atoms with Gasteiger partial charge in [-0.3, -0.25) is 0 Å². The average Bonchev–Trinajstić information content (AvgIpc) is 2.16. The van der Waals surface area contributed by atoms with Gasteiger partial charge in [0.25, 0.3) is 0 Å². The molecule has 0 aliphatic carbocycles. The molecule has 6 heteroatoms. The monoisotopic (exact) mass is 217 g/mol. The topological polar surface area (TPSA) is 98.1 Å². The van der Waals surface area contributed by atoms with Crippen molar-refractivity contribution in [2.24, 2.45) is 0 Å². The van der Waals surface area contributed by atoms with Crippen molar-refractivity contribution in [2.45, 2.75) is 26.5 Å². The van der Waals surface area contributed by atoms with Crippen molar-refractivity contribution in [3.8, 4) is 0 Å². The highest BCUT2D eigenvalue weighted by Crippen LogP contribution is 2.10. The van der Waals surface area contributed by atoms with Gasteiger partial charge in [0.2, 0.25) is 0 Å². The molecule has 0 amide bonds. The van der Waals surface area contributed by atoms with Gasteiger partial charge in [0.1, 0.15) is 11.9 Å². The highest BCUT2D eigenvalue weighted by atomic mass is 16.4. The fourth-order valence-corrected chi connectivity index (χ4v) is 1.15. The third kappa shape index (κ3) is 3.99. The molecule has 0 aromatic rings. The van der Waals surface area contributed by atoms with Crippen LogP contribution in [0.15, 0.2) is 11.8 Å². The van der Waals surface area contributed by atoms with Crippen molar-refractivity contribution in [2.75, 3.05) is 6.54 Å². The van der Waals surface area contributed by atoms with Gasteiger partial charge in [-0.25, -0.2) is 9.59 Å². The van der Waals surface area contributed by atoms with Gasteiger partial charge >= 0.3 is 11.9 Å². The zero-order valence-corrected chi connectivity index (χ0v) is 8.67. The van der Waals surface area contributed by atoms with Crippen LogP contribution in [-0.2, 0) is 9.59 Å². The van der Waals surface area contributed by atoms with Crippen LogP contribution < -0.4 is 0 Å². The van der Waals surface area contributed by atoms with Gasteiger partial charge in [-0.05, 0) is 13.3 Å². The third-order valence-corrected chi connectivity index (χ3v) is 1.85. The lowest BCUT2D eigenvalue weighted by Gasteiger charge is -2.27. The standard InChI is InChI=1S/C9H15NO5/c1-3-7(11)10(4-2)6(9(14)15)5-8(12)13/h5,7,11H,3-4H2,1-2H3,(H,12,13)(H,14,15)/b6-5+. The molecule has 86 valence electrons. The molecule has 0 rings (SSSR count). The second-order valence-corrected chi connectivity index (χ2v) is 2.85. The van der Waals surface area contributed by atoms with E-state index in [1.54, 1.807) is 13.8 Å². The molecule has 0 aliphatic rings. The highest BCUT2D eigenvalue weighted by Gasteiger charge is 2.21. The molecular formula is C9H15NO5. The number of likely N-dealkylation sites (N-methyl/N-ethyl adjacent to an activating group) is 1. The number of carboxylic acid groups (broad SMARTS) is 2. The summed E-state index contributed by atoms with van der Waals surface area (Å²) in [4.78, 5) is 22.3. The number of aliphatic carboxylic acids is 2. The molecule has 0 aliphatic heterocycles. The van der Waals surface area contributed by atoms with Crippen molar-refractivity contribution in [1.82, 2.24) is 4.90 Å². The van der Waals surface area contributed by atoms with Crippen molar-refractivity contribution in [3.05, 3.63) is 11.8 Å². The molecule has 0 saturated carbocycles. The molecule has 0 aromatic heterocycles. The van der Waals surface area contributed by atoms with Crippen LogP contribution in [0.2, 0.25) is 0 Å². The molecule has 0 spiro atoms. The van der Waals surface area contributed by atoms with E-state index < -0.39 is 23.9 Å². The Morgan fingerprint density at radius 3 is 2.13 bits per heavy atom. The summed E-state index contributed by atoms with van der Waals surface area (Å²) in [6.07, 6.45) is -0.0975. The zero-order chi connectivity index (χ0) is 12.0. The molecule has 1 unspecified atom stereocenters. The van der Waals surface area contributed by atoms with E-state index in [1.807, 2.05) is 0 Å². The fraction of sp³-hybridized carbons (Fsp3) is 0.556. The van der Waals surface area contributed by atoms with Crippen LogP contribution in [0.5, 0.6) is 0 Å². The van der Waals surface area contributed by atoms with Crippen LogP contribution in [0.25, 0.3) is 0 Å². The summed E-state index contributed by atoms with van der Waals surface area (Å²) in [5.74, 6) is -2.72. The van der Waals surface area contributed by atoms with E-state index in [-0.39, 0.29) is 6.54 Å². The van der Waals surface area contributed by atoms with E-state index in [4.69, 9.17) is 10.2 Å². The van der Waals surface area contributed by atoms with E-state index in [0.717, 1.165) is 4.90 Å². The van der Waals surface area contributed by atoms with Crippen LogP contribution in [0.3, 0.4) is 0 Å². The Balaban J connectivity index is 5.03. The fourth-order valence-electron chi connectivity index (χ4n) is 1.15. The number of carboxylic acids is 2. The number of carbonyl (C=O) groups is 2. The Labute approximate surface area is 87.4 Å². The summed E-state index contributed by atoms with van der Waals surface area (Å²) in [7, 11) is 0. The summed E-state index contributed by atoms with van der Waals surface area (Å²) in [5, 5.41) is 26.7. The van der Waals surface area contributed by atoms with Gasteiger partial charge in [0, 0.05) is 6.54 Å². The van der Waals surface area contributed by atoms with E-state index in [0.29, 0.717) is 12.5 Å². The second kappa shape index (κ2) is 6.02. The average molecular weight is 217 g/mol. The second-order valence-electron chi connectivity index (χ2n) is 2.85. The van der Waals surface area contributed by atoms with Gasteiger partial charge in [0.15, 0.2) is 0 Å². The molecule has 0 heterocycles. The maximum absolute atomic E-state index is 10.8. The molecule has 1 atom stereocenters. The van der Waals surface area contributed by atoms with Crippen LogP contribution in [0, 0.1) is 0 Å². The lowest BCUT2D eigenvalue weighted by molar-refractivity contribution is -0.138. The summed E-state index contributed by atoms with van der Waals surface area (Å²) in [5.41, 5.74) is -0.417. The van der Waals surface area contributed by atoms with E-state index >= 15 is 0 Å². The molecule has 0 bridgehead atoms. The van der Waals surface area contributed by atoms with Gasteiger partial charge < -0.3 is 20.2 Å². The Hall–Kier alpha value is -1.56. The molecule has 0 fully saturated rings. The Bertz CT molecular complexity index is 274.